The maximum absolute atomic E-state index is 13.7. The van der Waals surface area contributed by atoms with Gasteiger partial charge in [0.1, 0.15) is 5.82 Å². The number of nitrogens with zero attached hydrogens (tertiary/aromatic N) is 3. The largest absolute Gasteiger partial charge is 0.459 e. The Labute approximate surface area is 175 Å². The third-order valence-corrected chi connectivity index (χ3v) is 4.45. The molecule has 1 saturated heterocycles. The van der Waals surface area contributed by atoms with Crippen molar-refractivity contribution in [2.45, 2.75) is 6.42 Å². The first-order valence-electron chi connectivity index (χ1n) is 8.71. The van der Waals surface area contributed by atoms with E-state index in [0.29, 0.717) is 50.5 Å². The summed E-state index contributed by atoms with van der Waals surface area (Å²) >= 11 is 0. The van der Waals surface area contributed by atoms with E-state index >= 15 is 0 Å². The summed E-state index contributed by atoms with van der Waals surface area (Å²) in [6.07, 6.45) is 2.09. The Morgan fingerprint density at radius 3 is 2.48 bits per heavy atom. The van der Waals surface area contributed by atoms with Crippen LogP contribution in [0.1, 0.15) is 16.1 Å². The van der Waals surface area contributed by atoms with Crippen LogP contribution in [0.15, 0.2) is 52.1 Å². The minimum absolute atomic E-state index is 0. The number of carbonyl (C=O) groups is 1. The van der Waals surface area contributed by atoms with Crippen LogP contribution < -0.4 is 5.32 Å². The third kappa shape index (κ3) is 5.44. The first-order chi connectivity index (χ1) is 12.7. The van der Waals surface area contributed by atoms with Gasteiger partial charge < -0.3 is 19.5 Å². The number of halogens is 2. The van der Waals surface area contributed by atoms with E-state index < -0.39 is 0 Å². The third-order valence-electron chi connectivity index (χ3n) is 4.45. The van der Waals surface area contributed by atoms with Gasteiger partial charge in [-0.05, 0) is 30.2 Å². The maximum Gasteiger partial charge on any atom is 0.289 e. The molecule has 8 heteroatoms. The van der Waals surface area contributed by atoms with Gasteiger partial charge in [-0.2, -0.15) is 0 Å². The number of piperazine rings is 1. The van der Waals surface area contributed by atoms with Gasteiger partial charge in [-0.25, -0.2) is 4.39 Å². The first kappa shape index (κ1) is 21.2. The van der Waals surface area contributed by atoms with Crippen molar-refractivity contribution >= 4 is 35.8 Å². The fourth-order valence-electron chi connectivity index (χ4n) is 3.02. The van der Waals surface area contributed by atoms with Crippen LogP contribution in [0.3, 0.4) is 0 Å². The molecule has 0 spiro atoms. The highest BCUT2D eigenvalue weighted by molar-refractivity contribution is 14.0. The fourth-order valence-corrected chi connectivity index (χ4v) is 3.02. The molecule has 1 aliphatic rings. The van der Waals surface area contributed by atoms with Crippen LogP contribution in [0.25, 0.3) is 0 Å². The summed E-state index contributed by atoms with van der Waals surface area (Å²) in [6, 6.07) is 10.2. The topological polar surface area (TPSA) is 61.1 Å². The summed E-state index contributed by atoms with van der Waals surface area (Å²) in [5.74, 6) is 0.865. The fraction of sp³-hybridized carbons (Fsp3) is 0.368. The number of nitrogens with one attached hydrogen (secondary N) is 1. The number of furan rings is 1. The average Bonchev–Trinajstić information content (AvgIpc) is 3.21. The van der Waals surface area contributed by atoms with Crippen LogP contribution in [0.4, 0.5) is 4.39 Å². The van der Waals surface area contributed by atoms with Crippen molar-refractivity contribution in [1.29, 1.82) is 0 Å². The molecule has 1 N–H and O–H groups in total. The normalized spacial score (nSPS) is 14.7. The second kappa shape index (κ2) is 10.3. The van der Waals surface area contributed by atoms with Crippen molar-refractivity contribution < 1.29 is 13.6 Å². The Morgan fingerprint density at radius 2 is 1.85 bits per heavy atom. The van der Waals surface area contributed by atoms with Crippen LogP contribution in [0, 0.1) is 5.82 Å². The number of amides is 1. The van der Waals surface area contributed by atoms with Gasteiger partial charge in [0.2, 0.25) is 0 Å². The van der Waals surface area contributed by atoms with E-state index in [0.717, 1.165) is 5.96 Å². The first-order valence-corrected chi connectivity index (χ1v) is 8.71. The minimum Gasteiger partial charge on any atom is -0.459 e. The summed E-state index contributed by atoms with van der Waals surface area (Å²) in [7, 11) is 1.73. The van der Waals surface area contributed by atoms with Crippen molar-refractivity contribution in [3.8, 4) is 0 Å². The van der Waals surface area contributed by atoms with E-state index in [1.54, 1.807) is 36.2 Å². The van der Waals surface area contributed by atoms with Crippen molar-refractivity contribution in [1.82, 2.24) is 15.1 Å². The molecular formula is C19H24FIN4O2. The Kier molecular flexibility index (Phi) is 8.08. The molecule has 6 nitrogen and oxygen atoms in total. The zero-order valence-electron chi connectivity index (χ0n) is 15.2. The highest BCUT2D eigenvalue weighted by Gasteiger charge is 2.25. The van der Waals surface area contributed by atoms with Gasteiger partial charge in [0.05, 0.1) is 6.26 Å². The molecule has 0 unspecified atom stereocenters. The van der Waals surface area contributed by atoms with Crippen LogP contribution in [0.5, 0.6) is 0 Å². The molecule has 1 amide bonds. The summed E-state index contributed by atoms with van der Waals surface area (Å²) in [6.45, 7) is 3.18. The molecule has 146 valence electrons. The van der Waals surface area contributed by atoms with Crippen LogP contribution >= 0.6 is 24.0 Å². The predicted molar refractivity (Wildman–Crippen MR) is 113 cm³/mol. The Bertz CT molecular complexity index is 759. The highest BCUT2D eigenvalue weighted by atomic mass is 127. The lowest BCUT2D eigenvalue weighted by Crippen LogP contribution is -2.54. The molecular weight excluding hydrogens is 462 g/mol. The SMILES string of the molecule is CN=C(NCCc1ccccc1F)N1CCN(C(=O)c2ccco2)CC1.I. The van der Waals surface area contributed by atoms with E-state index in [9.17, 15) is 9.18 Å². The Morgan fingerprint density at radius 1 is 1.15 bits per heavy atom. The van der Waals surface area contributed by atoms with E-state index in [1.165, 1.54) is 12.3 Å². The summed E-state index contributed by atoms with van der Waals surface area (Å²) in [5, 5.41) is 3.27. The van der Waals surface area contributed by atoms with Gasteiger partial charge in [0, 0.05) is 39.8 Å². The monoisotopic (exact) mass is 486 g/mol. The molecule has 1 aliphatic heterocycles. The molecule has 0 radical (unpaired) electrons. The molecule has 2 heterocycles. The number of aliphatic imine (C=N–C) groups is 1. The zero-order valence-corrected chi connectivity index (χ0v) is 17.6. The highest BCUT2D eigenvalue weighted by Crippen LogP contribution is 2.10. The number of hydrogen-bond acceptors (Lipinski definition) is 3. The van der Waals surface area contributed by atoms with E-state index in [-0.39, 0.29) is 35.7 Å². The number of guanidine groups is 1. The summed E-state index contributed by atoms with van der Waals surface area (Å²) < 4.78 is 18.8. The van der Waals surface area contributed by atoms with E-state index in [2.05, 4.69) is 15.2 Å². The summed E-state index contributed by atoms with van der Waals surface area (Å²) in [4.78, 5) is 20.5. The van der Waals surface area contributed by atoms with Gasteiger partial charge in [-0.3, -0.25) is 9.79 Å². The maximum atomic E-state index is 13.7. The smallest absolute Gasteiger partial charge is 0.289 e. The van der Waals surface area contributed by atoms with Gasteiger partial charge in [-0.15, -0.1) is 24.0 Å². The van der Waals surface area contributed by atoms with Gasteiger partial charge in [-0.1, -0.05) is 18.2 Å². The molecule has 1 aromatic heterocycles. The Balaban J connectivity index is 0.00000261. The van der Waals surface area contributed by atoms with Gasteiger partial charge in [0.25, 0.3) is 5.91 Å². The van der Waals surface area contributed by atoms with Crippen molar-refractivity contribution in [3.63, 3.8) is 0 Å². The van der Waals surface area contributed by atoms with Crippen LogP contribution in [-0.4, -0.2) is 61.4 Å². The van der Waals surface area contributed by atoms with E-state index in [1.807, 2.05) is 6.07 Å². The number of carbonyl (C=O) groups excluding carboxylic acids is 1. The number of rotatable bonds is 4. The molecule has 1 fully saturated rings. The molecule has 1 aromatic carbocycles. The zero-order chi connectivity index (χ0) is 18.4. The lowest BCUT2D eigenvalue weighted by atomic mass is 10.1. The predicted octanol–water partition coefficient (Wildman–Crippen LogP) is 2.61. The van der Waals surface area contributed by atoms with Crippen molar-refractivity contribution in [2.24, 2.45) is 4.99 Å². The number of benzene rings is 1. The average molecular weight is 486 g/mol. The second-order valence-corrected chi connectivity index (χ2v) is 6.07. The molecule has 0 atom stereocenters. The van der Waals surface area contributed by atoms with Gasteiger partial charge in [0.15, 0.2) is 11.7 Å². The molecule has 0 saturated carbocycles. The molecule has 27 heavy (non-hydrogen) atoms. The van der Waals surface area contributed by atoms with E-state index in [4.69, 9.17) is 4.42 Å². The molecule has 0 bridgehead atoms. The molecule has 3 rings (SSSR count). The molecule has 0 aliphatic carbocycles. The quantitative estimate of drug-likeness (QED) is 0.410. The standard InChI is InChI=1S/C19H23FN4O2.HI/c1-21-19(22-9-8-15-5-2-3-6-16(15)20)24-12-10-23(11-13-24)18(25)17-7-4-14-26-17;/h2-7,14H,8-13H2,1H3,(H,21,22);1H. The van der Waals surface area contributed by atoms with Crippen molar-refractivity contribution in [3.05, 3.63) is 59.8 Å². The lowest BCUT2D eigenvalue weighted by Gasteiger charge is -2.36. The van der Waals surface area contributed by atoms with Gasteiger partial charge >= 0.3 is 0 Å². The van der Waals surface area contributed by atoms with Crippen LogP contribution in [-0.2, 0) is 6.42 Å². The second-order valence-electron chi connectivity index (χ2n) is 6.07. The summed E-state index contributed by atoms with van der Waals surface area (Å²) in [5.41, 5.74) is 0.685. The minimum atomic E-state index is -0.186. The molecule has 2 aromatic rings. The number of hydrogen-bond donors (Lipinski definition) is 1. The lowest BCUT2D eigenvalue weighted by molar-refractivity contribution is 0.0658. The Hall–Kier alpha value is -2.10. The van der Waals surface area contributed by atoms with Crippen molar-refractivity contribution in [2.75, 3.05) is 39.8 Å². The van der Waals surface area contributed by atoms with Crippen LogP contribution in [0.2, 0.25) is 0 Å².